The molecule has 0 saturated heterocycles. The second kappa shape index (κ2) is 9.44. The fraction of sp³-hybridized carbons (Fsp3) is 0.333. The maximum Gasteiger partial charge on any atom is 0.276 e. The molecule has 1 fully saturated rings. The van der Waals surface area contributed by atoms with Gasteiger partial charge in [-0.1, -0.05) is 35.5 Å². The summed E-state index contributed by atoms with van der Waals surface area (Å²) in [6.45, 7) is 0.150. The van der Waals surface area contributed by atoms with Crippen molar-refractivity contribution >= 4 is 34.7 Å². The third-order valence-corrected chi connectivity index (χ3v) is 6.61. The van der Waals surface area contributed by atoms with E-state index >= 15 is 0 Å². The molecule has 1 aliphatic carbocycles. The van der Waals surface area contributed by atoms with Crippen LogP contribution < -0.4 is 5.32 Å². The van der Waals surface area contributed by atoms with Crippen molar-refractivity contribution in [1.29, 1.82) is 0 Å². The summed E-state index contributed by atoms with van der Waals surface area (Å²) >= 11 is 2.51. The van der Waals surface area contributed by atoms with E-state index in [1.54, 1.807) is 17.5 Å². The first kappa shape index (κ1) is 20.6. The molecule has 4 rings (SSSR count). The molecule has 6 nitrogen and oxygen atoms in total. The van der Waals surface area contributed by atoms with Gasteiger partial charge in [0.15, 0.2) is 5.69 Å². The van der Waals surface area contributed by atoms with Gasteiger partial charge in [0.25, 0.3) is 5.91 Å². The molecule has 2 heterocycles. The zero-order valence-electron chi connectivity index (χ0n) is 16.2. The van der Waals surface area contributed by atoms with Gasteiger partial charge in [-0.2, -0.15) is 0 Å². The van der Waals surface area contributed by atoms with Crippen LogP contribution in [0.25, 0.3) is 0 Å². The molecule has 30 heavy (non-hydrogen) atoms. The normalized spacial score (nSPS) is 15.1. The standard InChI is InChI=1S/C21H21FN4O2S2/c22-15-9-7-14(8-10-15)12-26(21(28)17-13-30-25-24-17)19(18-6-3-11-29-18)20(27)23-16-4-1-2-5-16/h3,6-11,13,16,19H,1-2,4-5,12H2,(H,23,27)/t19-/m1/s1. The third kappa shape index (κ3) is 4.73. The average Bonchev–Trinajstić information content (AvgIpc) is 3.52. The first-order chi connectivity index (χ1) is 14.6. The van der Waals surface area contributed by atoms with Crippen molar-refractivity contribution in [3.63, 3.8) is 0 Å². The molecule has 2 aromatic heterocycles. The van der Waals surface area contributed by atoms with Gasteiger partial charge in [-0.15, -0.1) is 16.4 Å². The van der Waals surface area contributed by atoms with Gasteiger partial charge in [-0.3, -0.25) is 9.59 Å². The van der Waals surface area contributed by atoms with E-state index in [2.05, 4.69) is 14.9 Å². The lowest BCUT2D eigenvalue weighted by molar-refractivity contribution is -0.126. The Morgan fingerprint density at radius 3 is 2.60 bits per heavy atom. The minimum atomic E-state index is -0.801. The van der Waals surface area contributed by atoms with Crippen molar-refractivity contribution in [3.05, 3.63) is 69.1 Å². The number of halogens is 1. The topological polar surface area (TPSA) is 75.2 Å². The summed E-state index contributed by atoms with van der Waals surface area (Å²) < 4.78 is 17.2. The number of carbonyl (C=O) groups excluding carboxylic acids is 2. The van der Waals surface area contributed by atoms with Gasteiger partial charge in [0.2, 0.25) is 5.91 Å². The van der Waals surface area contributed by atoms with Crippen LogP contribution in [0.1, 0.15) is 52.7 Å². The van der Waals surface area contributed by atoms with E-state index in [9.17, 15) is 14.0 Å². The quantitative estimate of drug-likeness (QED) is 0.593. The average molecular weight is 445 g/mol. The van der Waals surface area contributed by atoms with Gasteiger partial charge < -0.3 is 10.2 Å². The van der Waals surface area contributed by atoms with Crippen LogP contribution in [0, 0.1) is 5.82 Å². The molecule has 1 N–H and O–H groups in total. The van der Waals surface area contributed by atoms with Crippen LogP contribution in [0.2, 0.25) is 0 Å². The Kier molecular flexibility index (Phi) is 6.49. The fourth-order valence-electron chi connectivity index (χ4n) is 3.69. The Morgan fingerprint density at radius 2 is 1.97 bits per heavy atom. The molecule has 1 atom stereocenters. The molecule has 0 spiro atoms. The van der Waals surface area contributed by atoms with E-state index in [1.807, 2.05) is 17.5 Å². The van der Waals surface area contributed by atoms with Crippen molar-refractivity contribution in [2.45, 2.75) is 44.3 Å². The summed E-state index contributed by atoms with van der Waals surface area (Å²) in [7, 11) is 0. The summed E-state index contributed by atoms with van der Waals surface area (Å²) in [6.07, 6.45) is 4.09. The van der Waals surface area contributed by atoms with E-state index in [0.29, 0.717) is 0 Å². The summed E-state index contributed by atoms with van der Waals surface area (Å²) in [5, 5.41) is 10.5. The highest BCUT2D eigenvalue weighted by molar-refractivity contribution is 7.10. The molecule has 1 aliphatic rings. The number of aromatic nitrogens is 2. The van der Waals surface area contributed by atoms with Crippen molar-refractivity contribution in [2.24, 2.45) is 0 Å². The molecule has 2 amide bonds. The Morgan fingerprint density at radius 1 is 1.20 bits per heavy atom. The highest BCUT2D eigenvalue weighted by Crippen LogP contribution is 2.30. The van der Waals surface area contributed by atoms with Gasteiger partial charge in [-0.05, 0) is 53.5 Å². The lowest BCUT2D eigenvalue weighted by atomic mass is 10.1. The molecule has 0 radical (unpaired) electrons. The molecule has 9 heteroatoms. The number of nitrogens with one attached hydrogen (secondary N) is 1. The van der Waals surface area contributed by atoms with Gasteiger partial charge in [-0.25, -0.2) is 4.39 Å². The summed E-state index contributed by atoms with van der Waals surface area (Å²) in [4.78, 5) is 29.0. The van der Waals surface area contributed by atoms with Crippen LogP contribution in [-0.4, -0.2) is 32.3 Å². The van der Waals surface area contributed by atoms with E-state index in [0.717, 1.165) is 47.7 Å². The van der Waals surface area contributed by atoms with Crippen LogP contribution in [0.15, 0.2) is 47.2 Å². The third-order valence-electron chi connectivity index (χ3n) is 5.18. The molecule has 156 valence electrons. The second-order valence-electron chi connectivity index (χ2n) is 7.26. The number of benzene rings is 1. The molecule has 0 unspecified atom stereocenters. The predicted molar refractivity (Wildman–Crippen MR) is 114 cm³/mol. The Bertz CT molecular complexity index is 971. The van der Waals surface area contributed by atoms with Gasteiger partial charge in [0.1, 0.15) is 11.9 Å². The molecule has 0 bridgehead atoms. The lowest BCUT2D eigenvalue weighted by Gasteiger charge is -2.31. The summed E-state index contributed by atoms with van der Waals surface area (Å²) in [6, 6.07) is 8.98. The monoisotopic (exact) mass is 444 g/mol. The number of thiophene rings is 1. The molecular weight excluding hydrogens is 423 g/mol. The van der Waals surface area contributed by atoms with Crippen LogP contribution >= 0.6 is 22.9 Å². The summed E-state index contributed by atoms with van der Waals surface area (Å²) in [5.74, 6) is -0.940. The predicted octanol–water partition coefficient (Wildman–Crippen LogP) is 4.18. The van der Waals surface area contributed by atoms with Gasteiger partial charge >= 0.3 is 0 Å². The lowest BCUT2D eigenvalue weighted by Crippen LogP contribution is -2.45. The van der Waals surface area contributed by atoms with Crippen LogP contribution in [0.4, 0.5) is 4.39 Å². The molecule has 1 aromatic carbocycles. The van der Waals surface area contributed by atoms with E-state index in [-0.39, 0.29) is 35.9 Å². The first-order valence-electron chi connectivity index (χ1n) is 9.78. The van der Waals surface area contributed by atoms with Crippen LogP contribution in [0.5, 0.6) is 0 Å². The number of hydrogen-bond acceptors (Lipinski definition) is 6. The highest BCUT2D eigenvalue weighted by Gasteiger charge is 2.35. The SMILES string of the molecule is O=C(NC1CCCC1)[C@@H](c1cccs1)N(Cc1ccc(F)cc1)C(=O)c1csnn1. The first-order valence-corrected chi connectivity index (χ1v) is 11.5. The van der Waals surface area contributed by atoms with Crippen LogP contribution in [0.3, 0.4) is 0 Å². The highest BCUT2D eigenvalue weighted by atomic mass is 32.1. The van der Waals surface area contributed by atoms with E-state index in [1.165, 1.54) is 28.4 Å². The van der Waals surface area contributed by atoms with Crippen molar-refractivity contribution in [1.82, 2.24) is 19.8 Å². The Hall–Kier alpha value is -2.65. The fourth-order valence-corrected chi connectivity index (χ4v) is 4.96. The minimum Gasteiger partial charge on any atom is -0.351 e. The minimum absolute atomic E-state index is 0.128. The van der Waals surface area contributed by atoms with Crippen molar-refractivity contribution < 1.29 is 14.0 Å². The van der Waals surface area contributed by atoms with Crippen molar-refractivity contribution in [3.8, 4) is 0 Å². The second-order valence-corrected chi connectivity index (χ2v) is 8.85. The number of nitrogens with zero attached hydrogens (tertiary/aromatic N) is 3. The number of carbonyl (C=O) groups is 2. The van der Waals surface area contributed by atoms with Crippen LogP contribution in [-0.2, 0) is 11.3 Å². The molecule has 1 saturated carbocycles. The smallest absolute Gasteiger partial charge is 0.276 e. The van der Waals surface area contributed by atoms with Crippen molar-refractivity contribution in [2.75, 3.05) is 0 Å². The zero-order chi connectivity index (χ0) is 20.9. The maximum absolute atomic E-state index is 13.4. The van der Waals surface area contributed by atoms with E-state index < -0.39 is 6.04 Å². The number of rotatable bonds is 7. The van der Waals surface area contributed by atoms with E-state index in [4.69, 9.17) is 0 Å². The van der Waals surface area contributed by atoms with Gasteiger partial charge in [0, 0.05) is 22.8 Å². The summed E-state index contributed by atoms with van der Waals surface area (Å²) in [5.41, 5.74) is 0.917. The maximum atomic E-state index is 13.4. The zero-order valence-corrected chi connectivity index (χ0v) is 17.8. The molecule has 3 aromatic rings. The van der Waals surface area contributed by atoms with Gasteiger partial charge in [0.05, 0.1) is 0 Å². The number of amides is 2. The molecular formula is C21H21FN4O2S2. The largest absolute Gasteiger partial charge is 0.351 e. The Labute approximate surface area is 181 Å². The molecule has 0 aliphatic heterocycles. The number of hydrogen-bond donors (Lipinski definition) is 1. The Balaban J connectivity index is 1.68.